The van der Waals surface area contributed by atoms with Gasteiger partial charge in [-0.25, -0.2) is 13.1 Å². The fourth-order valence-corrected chi connectivity index (χ4v) is 6.18. The van der Waals surface area contributed by atoms with E-state index in [-0.39, 0.29) is 23.5 Å². The van der Waals surface area contributed by atoms with Crippen molar-refractivity contribution in [2.24, 2.45) is 5.92 Å². The van der Waals surface area contributed by atoms with Gasteiger partial charge < -0.3 is 14.5 Å². The monoisotopic (exact) mass is 463 g/mol. The van der Waals surface area contributed by atoms with Gasteiger partial charge in [-0.1, -0.05) is 18.9 Å². The van der Waals surface area contributed by atoms with Crippen LogP contribution in [0.5, 0.6) is 0 Å². The molecule has 32 heavy (non-hydrogen) atoms. The van der Waals surface area contributed by atoms with Crippen molar-refractivity contribution in [3.05, 3.63) is 29.8 Å². The minimum Gasteiger partial charge on any atom is -0.377 e. The maximum Gasteiger partial charge on any atom is 0.253 e. The topological polar surface area (TPSA) is 78.9 Å². The predicted octanol–water partition coefficient (Wildman–Crippen LogP) is 2.87. The Hall–Kier alpha value is -1.48. The second kappa shape index (κ2) is 11.1. The Morgan fingerprint density at radius 3 is 2.44 bits per heavy atom. The third-order valence-electron chi connectivity index (χ3n) is 7.03. The third-order valence-corrected chi connectivity index (χ3v) is 8.45. The molecule has 0 aromatic heterocycles. The van der Waals surface area contributed by atoms with E-state index in [0.29, 0.717) is 18.1 Å². The fourth-order valence-electron chi connectivity index (χ4n) is 5.07. The maximum absolute atomic E-state index is 13.1. The smallest absolute Gasteiger partial charge is 0.253 e. The minimum absolute atomic E-state index is 0.0646. The van der Waals surface area contributed by atoms with Crippen LogP contribution in [0.2, 0.25) is 0 Å². The van der Waals surface area contributed by atoms with Crippen molar-refractivity contribution in [1.82, 2.24) is 14.5 Å². The van der Waals surface area contributed by atoms with E-state index >= 15 is 0 Å². The van der Waals surface area contributed by atoms with E-state index in [1.54, 1.807) is 18.2 Å². The van der Waals surface area contributed by atoms with Crippen LogP contribution >= 0.6 is 0 Å². The lowest BCUT2D eigenvalue weighted by Crippen LogP contribution is -2.42. The van der Waals surface area contributed by atoms with E-state index < -0.39 is 10.0 Å². The molecule has 0 spiro atoms. The van der Waals surface area contributed by atoms with Crippen LogP contribution in [0.1, 0.15) is 61.7 Å². The van der Waals surface area contributed by atoms with Crippen molar-refractivity contribution in [3.63, 3.8) is 0 Å². The van der Waals surface area contributed by atoms with Crippen molar-refractivity contribution in [2.45, 2.75) is 62.4 Å². The number of nitrogens with zero attached hydrogens (tertiary/aromatic N) is 2. The normalized spacial score (nSPS) is 23.9. The molecule has 178 valence electrons. The molecule has 3 heterocycles. The summed E-state index contributed by atoms with van der Waals surface area (Å²) in [5.41, 5.74) is 0.441. The molecular formula is C24H37N3O4S. The van der Waals surface area contributed by atoms with Gasteiger partial charge in [0.15, 0.2) is 0 Å². The average molecular weight is 464 g/mol. The first-order valence-corrected chi connectivity index (χ1v) is 13.7. The summed E-state index contributed by atoms with van der Waals surface area (Å²) in [7, 11) is -3.67. The van der Waals surface area contributed by atoms with E-state index in [0.717, 1.165) is 45.3 Å². The van der Waals surface area contributed by atoms with Crippen molar-refractivity contribution in [2.75, 3.05) is 45.9 Å². The number of hydrogen-bond donors (Lipinski definition) is 1. The van der Waals surface area contributed by atoms with Crippen molar-refractivity contribution < 1.29 is 17.9 Å². The second-order valence-electron chi connectivity index (χ2n) is 9.47. The zero-order valence-corrected chi connectivity index (χ0v) is 19.8. The number of sulfonamides is 1. The van der Waals surface area contributed by atoms with Gasteiger partial charge in [0.05, 0.1) is 11.0 Å². The summed E-state index contributed by atoms with van der Waals surface area (Å²) >= 11 is 0. The van der Waals surface area contributed by atoms with E-state index in [2.05, 4.69) is 9.62 Å². The van der Waals surface area contributed by atoms with Crippen molar-refractivity contribution >= 4 is 15.9 Å². The Morgan fingerprint density at radius 2 is 1.75 bits per heavy atom. The Kier molecular flexibility index (Phi) is 8.21. The molecule has 1 atom stereocenters. The number of likely N-dealkylation sites (tertiary alicyclic amines) is 2. The highest BCUT2D eigenvalue weighted by Gasteiger charge is 2.26. The summed E-state index contributed by atoms with van der Waals surface area (Å²) in [5, 5.41) is 0. The number of carbonyl (C=O) groups is 1. The fraction of sp³-hybridized carbons (Fsp3) is 0.708. The summed E-state index contributed by atoms with van der Waals surface area (Å²) in [5.74, 6) is 0.570. The average Bonchev–Trinajstić information content (AvgIpc) is 3.21. The van der Waals surface area contributed by atoms with Gasteiger partial charge in [0, 0.05) is 38.3 Å². The Labute approximate surface area is 192 Å². The Balaban J connectivity index is 1.30. The molecule has 0 aliphatic carbocycles. The molecule has 3 aliphatic heterocycles. The molecule has 0 bridgehead atoms. The first-order valence-electron chi connectivity index (χ1n) is 12.2. The number of nitrogens with one attached hydrogen (secondary N) is 1. The summed E-state index contributed by atoms with van der Waals surface area (Å²) in [6.07, 6.45) is 9.11. The standard InChI is InChI=1S/C24H37N3O4S/c28-24(27-14-10-20(11-15-27)19-26-12-3-1-2-4-13-26)21-7-5-9-23(17-21)32(29,30)25-18-22-8-6-16-31-22/h5,7,9,17,20,22,25H,1-4,6,8,10-16,18-19H2. The van der Waals surface area contributed by atoms with Crippen LogP contribution in [0.15, 0.2) is 29.2 Å². The molecule has 4 rings (SSSR count). The molecule has 3 fully saturated rings. The quantitative estimate of drug-likeness (QED) is 0.673. The number of benzene rings is 1. The van der Waals surface area contributed by atoms with Gasteiger partial charge in [0.2, 0.25) is 10.0 Å². The van der Waals surface area contributed by atoms with Crippen molar-refractivity contribution in [3.8, 4) is 0 Å². The summed E-state index contributed by atoms with van der Waals surface area (Å²) < 4.78 is 33.5. The number of ether oxygens (including phenoxy) is 1. The molecule has 0 saturated carbocycles. The molecule has 3 aliphatic rings. The van der Waals surface area contributed by atoms with Gasteiger partial charge in [0.1, 0.15) is 0 Å². The number of carbonyl (C=O) groups excluding carboxylic acids is 1. The van der Waals surface area contributed by atoms with Gasteiger partial charge >= 0.3 is 0 Å². The molecule has 7 nitrogen and oxygen atoms in total. The third kappa shape index (κ3) is 6.31. The van der Waals surface area contributed by atoms with Gasteiger partial charge in [0.25, 0.3) is 5.91 Å². The Morgan fingerprint density at radius 1 is 1.00 bits per heavy atom. The molecule has 3 saturated heterocycles. The highest BCUT2D eigenvalue weighted by atomic mass is 32.2. The lowest BCUT2D eigenvalue weighted by Gasteiger charge is -2.34. The van der Waals surface area contributed by atoms with Crippen LogP contribution in [0.25, 0.3) is 0 Å². The molecule has 1 unspecified atom stereocenters. The van der Waals surface area contributed by atoms with Gasteiger partial charge in [-0.05, 0) is 75.7 Å². The second-order valence-corrected chi connectivity index (χ2v) is 11.2. The van der Waals surface area contributed by atoms with Gasteiger partial charge in [-0.2, -0.15) is 0 Å². The van der Waals surface area contributed by atoms with Crippen LogP contribution in [0, 0.1) is 5.92 Å². The lowest BCUT2D eigenvalue weighted by atomic mass is 9.95. The lowest BCUT2D eigenvalue weighted by molar-refractivity contribution is 0.0667. The largest absolute Gasteiger partial charge is 0.377 e. The van der Waals surface area contributed by atoms with E-state index in [9.17, 15) is 13.2 Å². The zero-order valence-electron chi connectivity index (χ0n) is 19.0. The molecule has 8 heteroatoms. The van der Waals surface area contributed by atoms with E-state index in [1.165, 1.54) is 44.8 Å². The first kappa shape index (κ1) is 23.7. The number of rotatable bonds is 7. The Bertz CT molecular complexity index is 854. The SMILES string of the molecule is O=C(c1cccc(S(=O)(=O)NCC2CCCO2)c1)N1CCC(CN2CCCCCC2)CC1. The van der Waals surface area contributed by atoms with Crippen LogP contribution < -0.4 is 4.72 Å². The molecule has 1 aromatic carbocycles. The van der Waals surface area contributed by atoms with Gasteiger partial charge in [-0.15, -0.1) is 0 Å². The predicted molar refractivity (Wildman–Crippen MR) is 124 cm³/mol. The van der Waals surface area contributed by atoms with Crippen LogP contribution in [0.3, 0.4) is 0 Å². The van der Waals surface area contributed by atoms with E-state index in [4.69, 9.17) is 4.74 Å². The molecule has 1 amide bonds. The molecule has 1 aromatic rings. The molecule has 0 radical (unpaired) electrons. The van der Waals surface area contributed by atoms with E-state index in [1.807, 2.05) is 4.90 Å². The highest BCUT2D eigenvalue weighted by Crippen LogP contribution is 2.23. The summed E-state index contributed by atoms with van der Waals surface area (Å²) in [4.78, 5) is 17.7. The summed E-state index contributed by atoms with van der Waals surface area (Å²) in [6, 6.07) is 6.41. The highest BCUT2D eigenvalue weighted by molar-refractivity contribution is 7.89. The molecule has 1 N–H and O–H groups in total. The van der Waals surface area contributed by atoms with Crippen molar-refractivity contribution in [1.29, 1.82) is 0 Å². The number of amides is 1. The zero-order chi connectivity index (χ0) is 22.4. The van der Waals surface area contributed by atoms with Crippen LogP contribution in [-0.2, 0) is 14.8 Å². The number of hydrogen-bond acceptors (Lipinski definition) is 5. The maximum atomic E-state index is 13.1. The summed E-state index contributed by atoms with van der Waals surface area (Å²) in [6.45, 7) is 6.00. The first-order chi connectivity index (χ1) is 15.5. The minimum atomic E-state index is -3.67. The van der Waals surface area contributed by atoms with Crippen LogP contribution in [0.4, 0.5) is 0 Å². The number of piperidine rings is 1. The van der Waals surface area contributed by atoms with Crippen LogP contribution in [-0.4, -0.2) is 76.1 Å². The molecular weight excluding hydrogens is 426 g/mol. The van der Waals surface area contributed by atoms with Gasteiger partial charge in [-0.3, -0.25) is 4.79 Å².